The number of phenolic OH excluding ortho intramolecular Hbond substituents is 1. The predicted molar refractivity (Wildman–Crippen MR) is 96.6 cm³/mol. The van der Waals surface area contributed by atoms with Crippen molar-refractivity contribution in [2.24, 2.45) is 15.9 Å². The molecule has 0 amide bonds. The van der Waals surface area contributed by atoms with Gasteiger partial charge in [0.1, 0.15) is 5.75 Å². The molecule has 2 aromatic carbocycles. The van der Waals surface area contributed by atoms with Crippen LogP contribution >= 0.6 is 0 Å². The van der Waals surface area contributed by atoms with Gasteiger partial charge in [-0.25, -0.2) is 5.48 Å². The molecule has 12 heteroatoms. The Balaban J connectivity index is 2.06. The van der Waals surface area contributed by atoms with Crippen LogP contribution in [0.2, 0.25) is 0 Å². The summed E-state index contributed by atoms with van der Waals surface area (Å²) in [6, 6.07) is 9.27. The lowest BCUT2D eigenvalue weighted by atomic mass is 10.2. The molecule has 0 aromatic heterocycles. The average molecular weight is 393 g/mol. The van der Waals surface area contributed by atoms with Gasteiger partial charge < -0.3 is 10.8 Å². The Labute approximate surface area is 154 Å². The van der Waals surface area contributed by atoms with Gasteiger partial charge in [0.2, 0.25) is 5.96 Å². The third kappa shape index (κ3) is 5.49. The van der Waals surface area contributed by atoms with E-state index in [-0.39, 0.29) is 21.9 Å². The van der Waals surface area contributed by atoms with Crippen molar-refractivity contribution in [3.8, 4) is 5.75 Å². The zero-order chi connectivity index (χ0) is 20.0. The number of nitro benzene ring substituents is 1. The lowest BCUT2D eigenvalue weighted by Gasteiger charge is -2.06. The summed E-state index contributed by atoms with van der Waals surface area (Å²) in [7, 11) is -4.12. The van der Waals surface area contributed by atoms with Crippen molar-refractivity contribution >= 4 is 28.0 Å². The number of aryl methyl sites for hydroxylation is 1. The number of hydrogen-bond donors (Lipinski definition) is 3. The van der Waals surface area contributed by atoms with Gasteiger partial charge in [0.25, 0.3) is 5.69 Å². The molecule has 0 aliphatic heterocycles. The predicted octanol–water partition coefficient (Wildman–Crippen LogP) is 1.17. The number of nitro groups is 1. The molecule has 0 atom stereocenters. The highest BCUT2D eigenvalue weighted by Gasteiger charge is 2.16. The lowest BCUT2D eigenvalue weighted by Crippen LogP contribution is -2.33. The van der Waals surface area contributed by atoms with Crippen molar-refractivity contribution in [2.45, 2.75) is 11.8 Å². The fraction of sp³-hybridized carbons (Fsp3) is 0.0667. The molecule has 0 heterocycles. The maximum atomic E-state index is 12.0. The van der Waals surface area contributed by atoms with E-state index in [1.807, 2.05) is 5.48 Å². The number of aromatic hydroxyl groups is 1. The largest absolute Gasteiger partial charge is 0.508 e. The van der Waals surface area contributed by atoms with E-state index in [0.29, 0.717) is 0 Å². The third-order valence-electron chi connectivity index (χ3n) is 3.14. The van der Waals surface area contributed by atoms with Crippen LogP contribution in [0.15, 0.2) is 57.6 Å². The minimum absolute atomic E-state index is 0.0234. The van der Waals surface area contributed by atoms with Gasteiger partial charge in [-0.3, -0.25) is 10.1 Å². The van der Waals surface area contributed by atoms with Gasteiger partial charge in [0, 0.05) is 6.07 Å². The minimum Gasteiger partial charge on any atom is -0.508 e. The first-order valence-electron chi connectivity index (χ1n) is 7.29. The van der Waals surface area contributed by atoms with E-state index < -0.39 is 21.0 Å². The Hall–Kier alpha value is -3.51. The van der Waals surface area contributed by atoms with E-state index in [0.717, 1.165) is 30.0 Å². The third-order valence-corrected chi connectivity index (χ3v) is 4.29. The molecule has 0 spiro atoms. The van der Waals surface area contributed by atoms with E-state index in [1.165, 1.54) is 12.1 Å². The summed E-state index contributed by atoms with van der Waals surface area (Å²) in [5.41, 5.74) is 7.88. The van der Waals surface area contributed by atoms with Gasteiger partial charge in [0.15, 0.2) is 0 Å². The fourth-order valence-corrected chi connectivity index (χ4v) is 2.60. The molecule has 0 unspecified atom stereocenters. The normalized spacial score (nSPS) is 12.3. The van der Waals surface area contributed by atoms with Crippen LogP contribution in [0.3, 0.4) is 0 Å². The summed E-state index contributed by atoms with van der Waals surface area (Å²) in [4.78, 5) is 10.1. The Bertz CT molecular complexity index is 1000. The molecule has 2 rings (SSSR count). The number of hydroxylamine groups is 1. The molecule has 0 bridgehead atoms. The number of nitrogens with one attached hydrogen (secondary N) is 1. The summed E-state index contributed by atoms with van der Waals surface area (Å²) in [6.07, 6.45) is 0.973. The summed E-state index contributed by atoms with van der Waals surface area (Å²) in [5.74, 6) is -0.714. The summed E-state index contributed by atoms with van der Waals surface area (Å²) < 4.78 is 28.5. The summed E-state index contributed by atoms with van der Waals surface area (Å²) in [6.45, 7) is 1.80. The van der Waals surface area contributed by atoms with Gasteiger partial charge in [-0.05, 0) is 31.2 Å². The Morgan fingerprint density at radius 2 is 1.96 bits per heavy atom. The van der Waals surface area contributed by atoms with Crippen molar-refractivity contribution in [1.29, 1.82) is 0 Å². The SMILES string of the molecule is Cc1ccc(S(=O)(=O)ONC(N)=NN=Cc2cc(O)ccc2[N+](=O)[O-])cc1. The maximum absolute atomic E-state index is 12.0. The van der Waals surface area contributed by atoms with Crippen LogP contribution in [0.25, 0.3) is 0 Å². The Morgan fingerprint density at radius 1 is 1.30 bits per heavy atom. The Morgan fingerprint density at radius 3 is 2.59 bits per heavy atom. The van der Waals surface area contributed by atoms with E-state index >= 15 is 0 Å². The molecular formula is C15H15N5O6S. The standard InChI is InChI=1S/C15H15N5O6S/c1-10-2-5-13(6-3-10)27(24,25)26-19-15(16)18-17-9-11-8-12(21)4-7-14(11)20(22)23/h2-9,21H,1H3,(H3,16,18,19). The van der Waals surface area contributed by atoms with Crippen molar-refractivity contribution in [2.75, 3.05) is 0 Å². The van der Waals surface area contributed by atoms with Gasteiger partial charge in [-0.2, -0.15) is 13.5 Å². The van der Waals surface area contributed by atoms with Crippen LogP contribution in [0.1, 0.15) is 11.1 Å². The number of hydrogen-bond acceptors (Lipinski definition) is 8. The highest BCUT2D eigenvalue weighted by atomic mass is 32.2. The smallest absolute Gasteiger partial charge is 0.317 e. The van der Waals surface area contributed by atoms with E-state index in [9.17, 15) is 23.6 Å². The monoisotopic (exact) mass is 393 g/mol. The molecule has 0 saturated heterocycles. The molecule has 142 valence electrons. The first kappa shape index (κ1) is 19.8. The number of phenols is 1. The molecule has 4 N–H and O–H groups in total. The van der Waals surface area contributed by atoms with Gasteiger partial charge in [-0.1, -0.05) is 17.7 Å². The van der Waals surface area contributed by atoms with Crippen LogP contribution in [-0.2, 0) is 14.4 Å². The number of guanidine groups is 1. The van der Waals surface area contributed by atoms with Crippen molar-refractivity contribution in [1.82, 2.24) is 5.48 Å². The van der Waals surface area contributed by atoms with E-state index in [4.69, 9.17) is 5.73 Å². The zero-order valence-corrected chi connectivity index (χ0v) is 14.8. The van der Waals surface area contributed by atoms with E-state index in [2.05, 4.69) is 14.5 Å². The van der Waals surface area contributed by atoms with E-state index in [1.54, 1.807) is 19.1 Å². The molecule has 2 aromatic rings. The number of benzene rings is 2. The minimum atomic E-state index is -4.12. The topological polar surface area (TPSA) is 170 Å². The molecule has 0 fully saturated rings. The molecule has 0 radical (unpaired) electrons. The van der Waals surface area contributed by atoms with Crippen molar-refractivity contribution in [3.05, 3.63) is 63.7 Å². The Kier molecular flexibility index (Phi) is 6.05. The van der Waals surface area contributed by atoms with Gasteiger partial charge >= 0.3 is 10.1 Å². The van der Waals surface area contributed by atoms with Crippen LogP contribution in [0.5, 0.6) is 5.75 Å². The average Bonchev–Trinajstić information content (AvgIpc) is 2.60. The van der Waals surface area contributed by atoms with Crippen molar-refractivity contribution < 1.29 is 22.7 Å². The molecule has 11 nitrogen and oxygen atoms in total. The second-order valence-corrected chi connectivity index (χ2v) is 6.73. The molecule has 0 aliphatic rings. The molecular weight excluding hydrogens is 378 g/mol. The lowest BCUT2D eigenvalue weighted by molar-refractivity contribution is -0.385. The van der Waals surface area contributed by atoms with Crippen LogP contribution in [0, 0.1) is 17.0 Å². The first-order valence-corrected chi connectivity index (χ1v) is 8.70. The maximum Gasteiger partial charge on any atom is 0.317 e. The number of nitrogens with zero attached hydrogens (tertiary/aromatic N) is 3. The van der Waals surface area contributed by atoms with Crippen LogP contribution in [-0.4, -0.2) is 30.6 Å². The highest BCUT2D eigenvalue weighted by molar-refractivity contribution is 7.86. The summed E-state index contributed by atoms with van der Waals surface area (Å²) in [5, 5.41) is 27.2. The first-order chi connectivity index (χ1) is 12.7. The number of nitrogens with two attached hydrogens (primary N) is 1. The number of rotatable bonds is 6. The highest BCUT2D eigenvalue weighted by Crippen LogP contribution is 2.21. The zero-order valence-electron chi connectivity index (χ0n) is 13.9. The second-order valence-electron chi connectivity index (χ2n) is 5.18. The summed E-state index contributed by atoms with van der Waals surface area (Å²) >= 11 is 0. The molecule has 27 heavy (non-hydrogen) atoms. The second kappa shape index (κ2) is 8.25. The molecule has 0 aliphatic carbocycles. The quantitative estimate of drug-likeness (QED) is 0.284. The molecule has 0 saturated carbocycles. The van der Waals surface area contributed by atoms with Gasteiger partial charge in [0.05, 0.1) is 21.6 Å². The van der Waals surface area contributed by atoms with Gasteiger partial charge in [-0.15, -0.1) is 9.39 Å². The van der Waals surface area contributed by atoms with Crippen LogP contribution < -0.4 is 11.2 Å². The van der Waals surface area contributed by atoms with Crippen LogP contribution in [0.4, 0.5) is 5.69 Å². The van der Waals surface area contributed by atoms with Crippen molar-refractivity contribution in [3.63, 3.8) is 0 Å². The fourth-order valence-electron chi connectivity index (χ4n) is 1.84.